The van der Waals surface area contributed by atoms with Crippen molar-refractivity contribution in [3.8, 4) is 0 Å². The van der Waals surface area contributed by atoms with Gasteiger partial charge in [-0.3, -0.25) is 9.59 Å². The Hall–Kier alpha value is -1.36. The lowest BCUT2D eigenvalue weighted by molar-refractivity contribution is -0.157. The molecule has 1 amide bonds. The van der Waals surface area contributed by atoms with Crippen LogP contribution < -0.4 is 0 Å². The first kappa shape index (κ1) is 15.2. The van der Waals surface area contributed by atoms with Gasteiger partial charge in [-0.1, -0.05) is 31.4 Å². The van der Waals surface area contributed by atoms with Gasteiger partial charge in [0.1, 0.15) is 11.5 Å². The van der Waals surface area contributed by atoms with E-state index in [1.807, 2.05) is 30.9 Å². The Morgan fingerprint density at radius 2 is 2.09 bits per heavy atom. The van der Waals surface area contributed by atoms with Crippen LogP contribution in [0.5, 0.6) is 0 Å². The molecule has 2 bridgehead atoms. The highest BCUT2D eigenvalue weighted by atomic mass is 16.6. The van der Waals surface area contributed by atoms with Gasteiger partial charge in [0.05, 0.1) is 24.7 Å². The Kier molecular flexibility index (Phi) is 3.52. The van der Waals surface area contributed by atoms with Crippen LogP contribution in [0.15, 0.2) is 12.2 Å². The second-order valence-corrected chi connectivity index (χ2v) is 7.64. The fourth-order valence-electron chi connectivity index (χ4n) is 4.81. The summed E-state index contributed by atoms with van der Waals surface area (Å²) in [5.41, 5.74) is -0.597. The molecule has 2 saturated heterocycles. The summed E-state index contributed by atoms with van der Waals surface area (Å²) in [6, 6.07) is 0.314. The molecule has 126 valence electrons. The number of esters is 1. The largest absolute Gasteiger partial charge is 0.463 e. The lowest BCUT2D eigenvalue weighted by Gasteiger charge is -2.32. The van der Waals surface area contributed by atoms with E-state index in [0.717, 1.165) is 12.8 Å². The Labute approximate surface area is 137 Å². The molecule has 1 saturated carbocycles. The molecule has 0 radical (unpaired) electrons. The number of ether oxygens (including phenoxy) is 2. The standard InChI is InChI=1S/C18H25NO4/c1-11(2)22-17(21)14-13-8-9-18(23-13)10-19(16(20)15(14)18)12-6-4-3-5-7-12/h8-9,11-15H,3-7,10H2,1-2H3/t13-,14+,15+,18-/m1/s1. The normalized spacial score (nSPS) is 39.3. The van der Waals surface area contributed by atoms with Crippen molar-refractivity contribution in [2.24, 2.45) is 11.8 Å². The minimum absolute atomic E-state index is 0.0921. The van der Waals surface area contributed by atoms with Gasteiger partial charge in [-0.2, -0.15) is 0 Å². The summed E-state index contributed by atoms with van der Waals surface area (Å²) < 4.78 is 11.5. The van der Waals surface area contributed by atoms with Crippen molar-refractivity contribution in [1.82, 2.24) is 4.90 Å². The van der Waals surface area contributed by atoms with Gasteiger partial charge >= 0.3 is 5.97 Å². The van der Waals surface area contributed by atoms with Gasteiger partial charge in [-0.25, -0.2) is 0 Å². The number of carbonyl (C=O) groups excluding carboxylic acids is 2. The number of hydrogen-bond acceptors (Lipinski definition) is 4. The third-order valence-corrected chi connectivity index (χ3v) is 5.77. The number of fused-ring (bicyclic) bond motifs is 1. The highest BCUT2D eigenvalue weighted by molar-refractivity contribution is 5.91. The maximum absolute atomic E-state index is 13.1. The fraction of sp³-hybridized carbons (Fsp3) is 0.778. The zero-order chi connectivity index (χ0) is 16.2. The number of hydrogen-bond donors (Lipinski definition) is 0. The molecule has 1 spiro atoms. The van der Waals surface area contributed by atoms with Crippen molar-refractivity contribution in [3.05, 3.63) is 12.2 Å². The molecule has 0 aromatic heterocycles. The summed E-state index contributed by atoms with van der Waals surface area (Å²) in [7, 11) is 0. The molecule has 5 nitrogen and oxygen atoms in total. The third kappa shape index (κ3) is 2.24. The summed E-state index contributed by atoms with van der Waals surface area (Å²) in [4.78, 5) is 27.6. The van der Waals surface area contributed by atoms with E-state index < -0.39 is 17.4 Å². The quantitative estimate of drug-likeness (QED) is 0.590. The van der Waals surface area contributed by atoms with Crippen LogP contribution in [0.4, 0.5) is 0 Å². The van der Waals surface area contributed by atoms with E-state index in [1.165, 1.54) is 19.3 Å². The Balaban J connectivity index is 1.59. The summed E-state index contributed by atoms with van der Waals surface area (Å²) >= 11 is 0. The SMILES string of the molecule is CC(C)OC(=O)[C@@H]1[C@H]2C(=O)N(C3CCCCC3)C[C@]23C=C[C@H]1O3. The molecule has 4 rings (SSSR count). The first-order valence-electron chi connectivity index (χ1n) is 8.90. The van der Waals surface area contributed by atoms with Crippen LogP contribution >= 0.6 is 0 Å². The molecule has 4 aliphatic rings. The molecule has 1 aliphatic carbocycles. The second-order valence-electron chi connectivity index (χ2n) is 7.64. The van der Waals surface area contributed by atoms with Gasteiger partial charge in [0, 0.05) is 6.04 Å². The third-order valence-electron chi connectivity index (χ3n) is 5.77. The molecule has 0 unspecified atom stereocenters. The van der Waals surface area contributed by atoms with Crippen LogP contribution in [0.1, 0.15) is 46.0 Å². The maximum atomic E-state index is 13.1. The van der Waals surface area contributed by atoms with E-state index in [-0.39, 0.29) is 24.1 Å². The lowest BCUT2D eigenvalue weighted by Crippen LogP contribution is -2.42. The van der Waals surface area contributed by atoms with Crippen LogP contribution in [0.2, 0.25) is 0 Å². The molecule has 3 aliphatic heterocycles. The van der Waals surface area contributed by atoms with Crippen molar-refractivity contribution in [2.45, 2.75) is 69.8 Å². The molecule has 5 heteroatoms. The smallest absolute Gasteiger partial charge is 0.313 e. The summed E-state index contributed by atoms with van der Waals surface area (Å²) in [5.74, 6) is -1.08. The minimum atomic E-state index is -0.597. The van der Waals surface area contributed by atoms with Gasteiger partial charge in [0.2, 0.25) is 5.91 Å². The average Bonchev–Trinajstić information content (AvgIpc) is 3.16. The van der Waals surface area contributed by atoms with Crippen LogP contribution in [-0.2, 0) is 19.1 Å². The van der Waals surface area contributed by atoms with Crippen molar-refractivity contribution in [3.63, 3.8) is 0 Å². The van der Waals surface area contributed by atoms with E-state index in [9.17, 15) is 9.59 Å². The Bertz CT molecular complexity index is 551. The Morgan fingerprint density at radius 1 is 1.35 bits per heavy atom. The van der Waals surface area contributed by atoms with E-state index in [0.29, 0.717) is 12.6 Å². The molecule has 0 aromatic rings. The van der Waals surface area contributed by atoms with Crippen molar-refractivity contribution in [2.75, 3.05) is 6.54 Å². The Morgan fingerprint density at radius 3 is 2.78 bits per heavy atom. The molecular weight excluding hydrogens is 294 g/mol. The van der Waals surface area contributed by atoms with Crippen LogP contribution in [0.3, 0.4) is 0 Å². The first-order valence-corrected chi connectivity index (χ1v) is 8.90. The second kappa shape index (κ2) is 5.33. The summed E-state index contributed by atoms with van der Waals surface area (Å²) in [6.45, 7) is 4.27. The molecular formula is C18H25NO4. The van der Waals surface area contributed by atoms with E-state index in [2.05, 4.69) is 0 Å². The van der Waals surface area contributed by atoms with Crippen molar-refractivity contribution >= 4 is 11.9 Å². The van der Waals surface area contributed by atoms with Gasteiger partial charge in [0.25, 0.3) is 0 Å². The van der Waals surface area contributed by atoms with E-state index >= 15 is 0 Å². The predicted octanol–water partition coefficient (Wildman–Crippen LogP) is 2.05. The average molecular weight is 319 g/mol. The monoisotopic (exact) mass is 319 g/mol. The minimum Gasteiger partial charge on any atom is -0.463 e. The summed E-state index contributed by atoms with van der Waals surface area (Å²) in [5, 5.41) is 0. The van der Waals surface area contributed by atoms with Crippen LogP contribution in [0, 0.1) is 11.8 Å². The van der Waals surface area contributed by atoms with Gasteiger partial charge in [-0.05, 0) is 26.7 Å². The van der Waals surface area contributed by atoms with Crippen LogP contribution in [-0.4, -0.2) is 47.2 Å². The zero-order valence-corrected chi connectivity index (χ0v) is 13.9. The van der Waals surface area contributed by atoms with Gasteiger partial charge in [0.15, 0.2) is 0 Å². The molecule has 3 heterocycles. The van der Waals surface area contributed by atoms with E-state index in [4.69, 9.17) is 9.47 Å². The number of carbonyl (C=O) groups is 2. The van der Waals surface area contributed by atoms with Crippen molar-refractivity contribution in [1.29, 1.82) is 0 Å². The van der Waals surface area contributed by atoms with Crippen molar-refractivity contribution < 1.29 is 19.1 Å². The molecule has 23 heavy (non-hydrogen) atoms. The topological polar surface area (TPSA) is 55.8 Å². The predicted molar refractivity (Wildman–Crippen MR) is 83.5 cm³/mol. The lowest BCUT2D eigenvalue weighted by atomic mass is 9.77. The van der Waals surface area contributed by atoms with Crippen LogP contribution in [0.25, 0.3) is 0 Å². The van der Waals surface area contributed by atoms with Gasteiger partial charge < -0.3 is 14.4 Å². The summed E-state index contributed by atoms with van der Waals surface area (Å²) in [6.07, 6.45) is 9.26. The number of nitrogens with zero attached hydrogens (tertiary/aromatic N) is 1. The number of rotatable bonds is 3. The number of amides is 1. The van der Waals surface area contributed by atoms with Gasteiger partial charge in [-0.15, -0.1) is 0 Å². The first-order chi connectivity index (χ1) is 11.0. The molecule has 3 fully saturated rings. The molecule has 4 atom stereocenters. The molecule has 0 N–H and O–H groups in total. The fourth-order valence-corrected chi connectivity index (χ4v) is 4.81. The highest BCUT2D eigenvalue weighted by Crippen LogP contribution is 2.53. The number of likely N-dealkylation sites (tertiary alicyclic amines) is 1. The molecule has 0 aromatic carbocycles. The van der Waals surface area contributed by atoms with E-state index in [1.54, 1.807) is 0 Å². The zero-order valence-electron chi connectivity index (χ0n) is 13.9. The highest BCUT2D eigenvalue weighted by Gasteiger charge is 2.67. The maximum Gasteiger partial charge on any atom is 0.313 e.